The first-order chi connectivity index (χ1) is 11.7. The summed E-state index contributed by atoms with van der Waals surface area (Å²) in [5.74, 6) is 0.146. The Bertz CT molecular complexity index is 738. The summed E-state index contributed by atoms with van der Waals surface area (Å²) in [6.45, 7) is 3.44. The topological polar surface area (TPSA) is 61.3 Å². The number of halogens is 3. The van der Waals surface area contributed by atoms with E-state index in [1.165, 1.54) is 6.92 Å². The van der Waals surface area contributed by atoms with Crippen LogP contribution in [0.3, 0.4) is 0 Å². The van der Waals surface area contributed by atoms with Gasteiger partial charge in [-0.3, -0.25) is 0 Å². The Balaban J connectivity index is 1.82. The van der Waals surface area contributed by atoms with Gasteiger partial charge in [0.2, 0.25) is 0 Å². The third-order valence-corrected chi connectivity index (χ3v) is 4.31. The molecule has 2 aromatic rings. The Morgan fingerprint density at radius 2 is 2.00 bits per heavy atom. The molecule has 0 radical (unpaired) electrons. The summed E-state index contributed by atoms with van der Waals surface area (Å²) in [5, 5.41) is 21.5. The predicted molar refractivity (Wildman–Crippen MR) is 88.4 cm³/mol. The molecule has 0 saturated carbocycles. The van der Waals surface area contributed by atoms with Crippen LogP contribution in [0.15, 0.2) is 24.3 Å². The minimum atomic E-state index is -4.51. The van der Waals surface area contributed by atoms with Crippen LogP contribution in [0.25, 0.3) is 11.3 Å². The molecule has 1 aromatic carbocycles. The number of phenols is 1. The number of likely N-dealkylation sites (tertiary alicyclic amines) is 1. The van der Waals surface area contributed by atoms with E-state index in [9.17, 15) is 18.3 Å². The molecule has 1 atom stereocenters. The molecule has 0 aliphatic carbocycles. The van der Waals surface area contributed by atoms with Crippen molar-refractivity contribution in [2.24, 2.45) is 0 Å². The molecule has 25 heavy (non-hydrogen) atoms. The highest BCUT2D eigenvalue weighted by Gasteiger charge is 2.32. The lowest BCUT2D eigenvalue weighted by atomic mass is 10.0. The van der Waals surface area contributed by atoms with Crippen molar-refractivity contribution in [3.63, 3.8) is 0 Å². The Kier molecular flexibility index (Phi) is 4.55. The Hall–Kier alpha value is -2.35. The van der Waals surface area contributed by atoms with Gasteiger partial charge >= 0.3 is 6.18 Å². The van der Waals surface area contributed by atoms with Crippen LogP contribution >= 0.6 is 0 Å². The van der Waals surface area contributed by atoms with Crippen LogP contribution in [0.5, 0.6) is 5.75 Å². The third-order valence-electron chi connectivity index (χ3n) is 4.31. The molecule has 1 fully saturated rings. The number of hydrogen-bond acceptors (Lipinski definition) is 5. The summed E-state index contributed by atoms with van der Waals surface area (Å²) >= 11 is 0. The number of nitrogens with zero attached hydrogens (tertiary/aromatic N) is 3. The number of benzene rings is 1. The van der Waals surface area contributed by atoms with Crippen LogP contribution in [0, 0.1) is 6.92 Å². The lowest BCUT2D eigenvalue weighted by Crippen LogP contribution is -2.24. The number of aromatic nitrogens is 2. The maximum Gasteiger partial charge on any atom is 0.416 e. The second kappa shape index (κ2) is 6.51. The summed E-state index contributed by atoms with van der Waals surface area (Å²) in [6.07, 6.45) is -3.49. The summed E-state index contributed by atoms with van der Waals surface area (Å²) in [7, 11) is 2.05. The standard InChI is InChI=1S/C17H19F3N4O/c1-10-7-11(17(18,19)20)8-14(25)16(10)13-3-4-15(23-22-13)21-12-5-6-24(2)9-12/h3-4,7-8,12,25H,5-6,9H2,1-2H3,(H,21,23)/t12-/m0/s1. The molecule has 0 bridgehead atoms. The predicted octanol–water partition coefficient (Wildman–Crippen LogP) is 3.29. The van der Waals surface area contributed by atoms with Crippen LogP contribution in [0.2, 0.25) is 0 Å². The second-order valence-electron chi connectivity index (χ2n) is 6.38. The molecule has 3 rings (SSSR count). The molecule has 2 N–H and O–H groups in total. The van der Waals surface area contributed by atoms with Gasteiger partial charge < -0.3 is 15.3 Å². The normalized spacial score (nSPS) is 18.5. The monoisotopic (exact) mass is 352 g/mol. The number of anilines is 1. The fourth-order valence-electron chi connectivity index (χ4n) is 3.07. The third kappa shape index (κ3) is 3.84. The van der Waals surface area contributed by atoms with Crippen molar-refractivity contribution in [3.05, 3.63) is 35.4 Å². The SMILES string of the molecule is Cc1cc(C(F)(F)F)cc(O)c1-c1ccc(N[C@H]2CCN(C)C2)nn1. The van der Waals surface area contributed by atoms with Gasteiger partial charge in [-0.25, -0.2) is 0 Å². The lowest BCUT2D eigenvalue weighted by Gasteiger charge is -2.14. The lowest BCUT2D eigenvalue weighted by molar-refractivity contribution is -0.137. The van der Waals surface area contributed by atoms with Crippen LogP contribution in [0.4, 0.5) is 19.0 Å². The van der Waals surface area contributed by atoms with Crippen molar-refractivity contribution < 1.29 is 18.3 Å². The maximum atomic E-state index is 12.8. The minimum absolute atomic E-state index is 0.257. The van der Waals surface area contributed by atoms with Crippen molar-refractivity contribution >= 4 is 5.82 Å². The molecule has 8 heteroatoms. The second-order valence-corrected chi connectivity index (χ2v) is 6.38. The zero-order valence-corrected chi connectivity index (χ0v) is 13.9. The van der Waals surface area contributed by atoms with Gasteiger partial charge in [-0.05, 0) is 56.8 Å². The van der Waals surface area contributed by atoms with Crippen molar-refractivity contribution in [1.82, 2.24) is 15.1 Å². The molecule has 5 nitrogen and oxygen atoms in total. The van der Waals surface area contributed by atoms with Gasteiger partial charge in [0.25, 0.3) is 0 Å². The molecular weight excluding hydrogens is 333 g/mol. The van der Waals surface area contributed by atoms with Crippen LogP contribution < -0.4 is 5.32 Å². The van der Waals surface area contributed by atoms with Gasteiger partial charge in [0.15, 0.2) is 0 Å². The molecule has 0 spiro atoms. The van der Waals surface area contributed by atoms with Gasteiger partial charge in [0.05, 0.1) is 11.3 Å². The van der Waals surface area contributed by atoms with E-state index < -0.39 is 17.5 Å². The number of likely N-dealkylation sites (N-methyl/N-ethyl adjacent to an activating group) is 1. The average Bonchev–Trinajstić information content (AvgIpc) is 2.92. The Labute approximate surface area is 143 Å². The molecule has 0 amide bonds. The van der Waals surface area contributed by atoms with Crippen molar-refractivity contribution in [3.8, 4) is 17.0 Å². The van der Waals surface area contributed by atoms with Crippen molar-refractivity contribution in [1.29, 1.82) is 0 Å². The largest absolute Gasteiger partial charge is 0.507 e. The number of aromatic hydroxyl groups is 1. The van der Waals surface area contributed by atoms with E-state index in [4.69, 9.17) is 0 Å². The summed E-state index contributed by atoms with van der Waals surface area (Å²) in [5.41, 5.74) is -0.00642. The molecule has 1 aliphatic rings. The minimum Gasteiger partial charge on any atom is -0.507 e. The molecule has 1 aromatic heterocycles. The van der Waals surface area contributed by atoms with Crippen molar-refractivity contribution in [2.45, 2.75) is 25.6 Å². The smallest absolute Gasteiger partial charge is 0.416 e. The number of rotatable bonds is 3. The van der Waals surface area contributed by atoms with Crippen LogP contribution in [0.1, 0.15) is 17.5 Å². The molecular formula is C17H19F3N4O. The number of alkyl halides is 3. The van der Waals surface area contributed by atoms with Crippen LogP contribution in [-0.4, -0.2) is 46.4 Å². The zero-order chi connectivity index (χ0) is 18.2. The first-order valence-electron chi connectivity index (χ1n) is 7.94. The van der Waals surface area contributed by atoms with Gasteiger partial charge in [0, 0.05) is 18.2 Å². The number of aryl methyl sites for hydroxylation is 1. The number of hydrogen-bond donors (Lipinski definition) is 2. The number of phenolic OH excluding ortho intramolecular Hbond substituents is 1. The maximum absolute atomic E-state index is 12.8. The molecule has 0 unspecified atom stereocenters. The van der Waals surface area contributed by atoms with Gasteiger partial charge in [-0.2, -0.15) is 13.2 Å². The summed E-state index contributed by atoms with van der Waals surface area (Å²) in [6, 6.07) is 5.37. The fourth-order valence-corrected chi connectivity index (χ4v) is 3.07. The molecule has 1 saturated heterocycles. The average molecular weight is 352 g/mol. The first kappa shape index (κ1) is 17.5. The van der Waals surface area contributed by atoms with E-state index in [0.29, 0.717) is 29.2 Å². The van der Waals surface area contributed by atoms with Crippen molar-refractivity contribution in [2.75, 3.05) is 25.5 Å². The van der Waals surface area contributed by atoms with E-state index in [0.717, 1.165) is 25.6 Å². The highest BCUT2D eigenvalue weighted by Crippen LogP contribution is 2.38. The molecule has 134 valence electrons. The van der Waals surface area contributed by atoms with E-state index in [2.05, 4.69) is 20.4 Å². The molecule has 2 heterocycles. The van der Waals surface area contributed by atoms with E-state index >= 15 is 0 Å². The summed E-state index contributed by atoms with van der Waals surface area (Å²) in [4.78, 5) is 2.21. The van der Waals surface area contributed by atoms with E-state index in [-0.39, 0.29) is 5.56 Å². The quantitative estimate of drug-likeness (QED) is 0.888. The Morgan fingerprint density at radius 1 is 1.24 bits per heavy atom. The molecule has 1 aliphatic heterocycles. The highest BCUT2D eigenvalue weighted by atomic mass is 19.4. The zero-order valence-electron chi connectivity index (χ0n) is 13.9. The van der Waals surface area contributed by atoms with Gasteiger partial charge in [0.1, 0.15) is 11.6 Å². The van der Waals surface area contributed by atoms with Crippen LogP contribution in [-0.2, 0) is 6.18 Å². The fraction of sp³-hybridized carbons (Fsp3) is 0.412. The highest BCUT2D eigenvalue weighted by molar-refractivity contribution is 5.71. The van der Waals surface area contributed by atoms with Gasteiger partial charge in [-0.15, -0.1) is 10.2 Å². The van der Waals surface area contributed by atoms with Gasteiger partial charge in [-0.1, -0.05) is 0 Å². The first-order valence-corrected chi connectivity index (χ1v) is 7.94. The Morgan fingerprint density at radius 3 is 2.52 bits per heavy atom. The summed E-state index contributed by atoms with van der Waals surface area (Å²) < 4.78 is 38.4. The number of nitrogens with one attached hydrogen (secondary N) is 1. The van der Waals surface area contributed by atoms with E-state index in [1.807, 2.05) is 7.05 Å². The van der Waals surface area contributed by atoms with E-state index in [1.54, 1.807) is 12.1 Å².